The molecule has 0 spiro atoms. The third-order valence-corrected chi connectivity index (χ3v) is 4.52. The van der Waals surface area contributed by atoms with Gasteiger partial charge in [-0.1, -0.05) is 12.1 Å². The summed E-state index contributed by atoms with van der Waals surface area (Å²) in [5.74, 6) is 0.667. The minimum Gasteiger partial charge on any atom is -0.379 e. The van der Waals surface area contributed by atoms with Gasteiger partial charge in [-0.2, -0.15) is 0 Å². The van der Waals surface area contributed by atoms with Crippen LogP contribution >= 0.6 is 0 Å². The smallest absolute Gasteiger partial charge is 0.194 e. The maximum atomic E-state index is 13.1. The first kappa shape index (κ1) is 19.7. The van der Waals surface area contributed by atoms with E-state index in [9.17, 15) is 4.39 Å². The molecule has 0 saturated carbocycles. The zero-order chi connectivity index (χ0) is 18.2. The van der Waals surface area contributed by atoms with E-state index in [-0.39, 0.29) is 5.82 Å². The number of halogens is 1. The molecule has 0 radical (unpaired) electrons. The molecule has 5 nitrogen and oxygen atoms in total. The van der Waals surface area contributed by atoms with Crippen LogP contribution in [0.15, 0.2) is 29.3 Å². The van der Waals surface area contributed by atoms with Gasteiger partial charge >= 0.3 is 0 Å². The number of hydrogen-bond donors (Lipinski definition) is 1. The maximum absolute atomic E-state index is 13.1. The summed E-state index contributed by atoms with van der Waals surface area (Å²) in [5.41, 5.74) is 1.06. The van der Waals surface area contributed by atoms with E-state index in [1.807, 2.05) is 19.2 Å². The number of ether oxygens (including phenoxy) is 1. The van der Waals surface area contributed by atoms with Gasteiger partial charge in [0.2, 0.25) is 0 Å². The van der Waals surface area contributed by atoms with E-state index in [1.54, 1.807) is 0 Å². The monoisotopic (exact) mass is 350 g/mol. The number of guanidine groups is 1. The Morgan fingerprint density at radius 2 is 2.16 bits per heavy atom. The zero-order valence-electron chi connectivity index (χ0n) is 15.8. The lowest BCUT2D eigenvalue weighted by atomic mass is 10.2. The molecule has 2 atom stereocenters. The van der Waals surface area contributed by atoms with E-state index in [0.717, 1.165) is 44.4 Å². The number of benzene rings is 1. The number of aliphatic imine (C=N–C) groups is 1. The lowest BCUT2D eigenvalue weighted by Gasteiger charge is -2.37. The molecule has 0 aromatic heterocycles. The van der Waals surface area contributed by atoms with Crippen molar-refractivity contribution in [3.63, 3.8) is 0 Å². The average molecular weight is 350 g/mol. The summed E-state index contributed by atoms with van der Waals surface area (Å²) >= 11 is 0. The number of hydrogen-bond acceptors (Lipinski definition) is 3. The third-order valence-electron chi connectivity index (χ3n) is 4.52. The fourth-order valence-corrected chi connectivity index (χ4v) is 3.13. The highest BCUT2D eigenvalue weighted by Crippen LogP contribution is 2.11. The molecule has 1 aliphatic rings. The van der Waals surface area contributed by atoms with Crippen LogP contribution in [0, 0.1) is 5.82 Å². The topological polar surface area (TPSA) is 40.1 Å². The molecule has 6 heteroatoms. The van der Waals surface area contributed by atoms with Crippen LogP contribution in [0.3, 0.4) is 0 Å². The van der Waals surface area contributed by atoms with Crippen LogP contribution in [0.1, 0.15) is 26.3 Å². The molecular weight excluding hydrogens is 319 g/mol. The summed E-state index contributed by atoms with van der Waals surface area (Å²) in [5, 5.41) is 3.34. The van der Waals surface area contributed by atoms with Crippen LogP contribution in [-0.4, -0.2) is 67.7 Å². The Morgan fingerprint density at radius 1 is 1.44 bits per heavy atom. The molecule has 0 aliphatic carbocycles. The van der Waals surface area contributed by atoms with Crippen LogP contribution in [-0.2, 0) is 11.3 Å². The van der Waals surface area contributed by atoms with E-state index in [0.29, 0.717) is 18.6 Å². The van der Waals surface area contributed by atoms with E-state index in [4.69, 9.17) is 9.73 Å². The standard InChI is InChI=1S/C19H31FN4O/c1-5-21-19(23(4)13-17-6-8-18(20)9-7-17)22-12-15(2)24-10-11-25-14-16(24)3/h6-9,15-16H,5,10-14H2,1-4H3,(H,21,22). The second-order valence-corrected chi connectivity index (χ2v) is 6.69. The number of morpholine rings is 1. The summed E-state index contributed by atoms with van der Waals surface area (Å²) in [4.78, 5) is 9.34. The number of rotatable bonds is 6. The maximum Gasteiger partial charge on any atom is 0.194 e. The summed E-state index contributed by atoms with van der Waals surface area (Å²) < 4.78 is 18.6. The minimum absolute atomic E-state index is 0.208. The Kier molecular flexibility index (Phi) is 7.65. The highest BCUT2D eigenvalue weighted by atomic mass is 19.1. The molecule has 0 amide bonds. The normalized spacial score (nSPS) is 20.4. The van der Waals surface area contributed by atoms with Crippen molar-refractivity contribution in [2.45, 2.75) is 39.4 Å². The van der Waals surface area contributed by atoms with Crippen LogP contribution in [0.25, 0.3) is 0 Å². The Morgan fingerprint density at radius 3 is 2.80 bits per heavy atom. The fraction of sp³-hybridized carbons (Fsp3) is 0.632. The minimum atomic E-state index is -0.208. The molecule has 1 aromatic carbocycles. The van der Waals surface area contributed by atoms with Gasteiger partial charge in [0.15, 0.2) is 5.96 Å². The Hall–Kier alpha value is -1.66. The number of nitrogens with zero attached hydrogens (tertiary/aromatic N) is 3. The fourth-order valence-electron chi connectivity index (χ4n) is 3.13. The van der Waals surface area contributed by atoms with Gasteiger partial charge in [-0.15, -0.1) is 0 Å². The molecule has 140 valence electrons. The van der Waals surface area contributed by atoms with Crippen LogP contribution < -0.4 is 5.32 Å². The van der Waals surface area contributed by atoms with Crippen molar-refractivity contribution in [2.75, 3.05) is 39.9 Å². The summed E-state index contributed by atoms with van der Waals surface area (Å²) in [6.45, 7) is 11.3. The van der Waals surface area contributed by atoms with Gasteiger partial charge in [0, 0.05) is 38.8 Å². The van der Waals surface area contributed by atoms with Crippen LogP contribution in [0.2, 0.25) is 0 Å². The van der Waals surface area contributed by atoms with Crippen molar-refractivity contribution < 1.29 is 9.13 Å². The Bertz CT molecular complexity index is 549. The van der Waals surface area contributed by atoms with Gasteiger partial charge in [-0.25, -0.2) is 4.39 Å². The lowest BCUT2D eigenvalue weighted by molar-refractivity contribution is -0.0166. The van der Waals surface area contributed by atoms with Gasteiger partial charge < -0.3 is 15.0 Å². The third kappa shape index (κ3) is 5.97. The van der Waals surface area contributed by atoms with Gasteiger partial charge in [-0.3, -0.25) is 9.89 Å². The largest absolute Gasteiger partial charge is 0.379 e. The lowest BCUT2D eigenvalue weighted by Crippen LogP contribution is -2.49. The summed E-state index contributed by atoms with van der Waals surface area (Å²) in [7, 11) is 2.01. The SMILES string of the molecule is CCNC(=NCC(C)N1CCOCC1C)N(C)Cc1ccc(F)cc1. The second-order valence-electron chi connectivity index (χ2n) is 6.69. The molecule has 1 aliphatic heterocycles. The number of nitrogens with one attached hydrogen (secondary N) is 1. The van der Waals surface area contributed by atoms with Crippen molar-refractivity contribution in [3.8, 4) is 0 Å². The van der Waals surface area contributed by atoms with Crippen LogP contribution in [0.5, 0.6) is 0 Å². The molecular formula is C19H31FN4O. The highest BCUT2D eigenvalue weighted by molar-refractivity contribution is 5.79. The predicted molar refractivity (Wildman–Crippen MR) is 100 cm³/mol. The quantitative estimate of drug-likeness (QED) is 0.631. The van der Waals surface area contributed by atoms with Crippen molar-refractivity contribution >= 4 is 5.96 Å². The first-order valence-electron chi connectivity index (χ1n) is 9.08. The van der Waals surface area contributed by atoms with Crippen LogP contribution in [0.4, 0.5) is 4.39 Å². The molecule has 2 rings (SSSR count). The van der Waals surface area contributed by atoms with Crippen molar-refractivity contribution in [2.24, 2.45) is 4.99 Å². The summed E-state index contributed by atoms with van der Waals surface area (Å²) in [6, 6.07) is 7.41. The van der Waals surface area contributed by atoms with Gasteiger partial charge in [0.05, 0.1) is 19.8 Å². The molecule has 1 saturated heterocycles. The van der Waals surface area contributed by atoms with Crippen molar-refractivity contribution in [3.05, 3.63) is 35.6 Å². The average Bonchev–Trinajstić information content (AvgIpc) is 2.60. The van der Waals surface area contributed by atoms with Gasteiger partial charge in [0.1, 0.15) is 5.82 Å². The van der Waals surface area contributed by atoms with Gasteiger partial charge in [0.25, 0.3) is 0 Å². The van der Waals surface area contributed by atoms with Gasteiger partial charge in [-0.05, 0) is 38.5 Å². The molecule has 1 N–H and O–H groups in total. The molecule has 1 aromatic rings. The first-order valence-corrected chi connectivity index (χ1v) is 9.08. The van der Waals surface area contributed by atoms with E-state index in [1.165, 1.54) is 12.1 Å². The van der Waals surface area contributed by atoms with E-state index >= 15 is 0 Å². The predicted octanol–water partition coefficient (Wildman–Crippen LogP) is 2.33. The molecule has 25 heavy (non-hydrogen) atoms. The molecule has 1 fully saturated rings. The highest BCUT2D eigenvalue weighted by Gasteiger charge is 2.23. The second kappa shape index (κ2) is 9.73. The van der Waals surface area contributed by atoms with Crippen molar-refractivity contribution in [1.82, 2.24) is 15.1 Å². The molecule has 1 heterocycles. The van der Waals surface area contributed by atoms with E-state index < -0.39 is 0 Å². The van der Waals surface area contributed by atoms with Crippen molar-refractivity contribution in [1.29, 1.82) is 0 Å². The Labute approximate surface area is 150 Å². The summed E-state index contributed by atoms with van der Waals surface area (Å²) in [6.07, 6.45) is 0. The van der Waals surface area contributed by atoms with E-state index in [2.05, 4.69) is 35.9 Å². The first-order chi connectivity index (χ1) is 12.0. The molecule has 0 bridgehead atoms. The zero-order valence-corrected chi connectivity index (χ0v) is 15.8. The molecule has 2 unspecified atom stereocenters. The Balaban J connectivity index is 1.97.